The van der Waals surface area contributed by atoms with Crippen LogP contribution in [0.4, 0.5) is 11.4 Å². The third kappa shape index (κ3) is 3.58. The summed E-state index contributed by atoms with van der Waals surface area (Å²) in [6.45, 7) is -0.920. The minimum atomic E-state index is -0.758. The maximum absolute atomic E-state index is 13.1. The molecule has 0 N–H and O–H groups in total. The Morgan fingerprint density at radius 1 is 0.875 bits per heavy atom. The number of carbonyl (C=O) groups is 4. The van der Waals surface area contributed by atoms with E-state index in [9.17, 15) is 19.2 Å². The summed E-state index contributed by atoms with van der Waals surface area (Å²) in [7, 11) is 0. The predicted molar refractivity (Wildman–Crippen MR) is 117 cm³/mol. The first-order chi connectivity index (χ1) is 15.5. The van der Waals surface area contributed by atoms with Gasteiger partial charge in [-0.2, -0.15) is 0 Å². The molecule has 2 aromatic carbocycles. The van der Waals surface area contributed by atoms with E-state index in [2.05, 4.69) is 0 Å². The summed E-state index contributed by atoms with van der Waals surface area (Å²) in [6.07, 6.45) is 3.21. The third-order valence-corrected chi connectivity index (χ3v) is 7.39. The Labute approximate surface area is 189 Å². The zero-order chi connectivity index (χ0) is 22.2. The van der Waals surface area contributed by atoms with E-state index in [1.165, 1.54) is 0 Å². The fourth-order valence-electron chi connectivity index (χ4n) is 4.74. The molecule has 2 fully saturated rings. The summed E-state index contributed by atoms with van der Waals surface area (Å²) < 4.78 is 5.22. The summed E-state index contributed by atoms with van der Waals surface area (Å²) in [5.41, 5.74) is 1.46. The molecule has 0 radical (unpaired) electrons. The molecule has 0 spiro atoms. The Morgan fingerprint density at radius 2 is 1.41 bits per heavy atom. The van der Waals surface area contributed by atoms with Crippen LogP contribution in [-0.4, -0.2) is 41.7 Å². The van der Waals surface area contributed by atoms with Gasteiger partial charge in [-0.15, -0.1) is 0 Å². The Kier molecular flexibility index (Phi) is 5.46. The van der Waals surface area contributed by atoms with Gasteiger partial charge in [-0.25, -0.2) is 0 Å². The lowest BCUT2D eigenvalue weighted by Crippen LogP contribution is -2.38. The van der Waals surface area contributed by atoms with Crippen molar-refractivity contribution in [1.82, 2.24) is 4.90 Å². The molecule has 2 unspecified atom stereocenters. The number of carbonyl (C=O) groups excluding carboxylic acids is 4. The molecule has 0 bridgehead atoms. The summed E-state index contributed by atoms with van der Waals surface area (Å²) in [5.74, 6) is -2.37. The Morgan fingerprint density at radius 3 is 1.97 bits per heavy atom. The Balaban J connectivity index is 1.27. The standard InChI is InChI=1S/C24H22N2O5S/c27-21(26-17-9-3-5-11-19(17)32-20-12-6-4-10-18(20)26)14-31-22(28)13-25-23(29)15-7-1-2-8-16(15)24(25)30/h3-6,9-12,15-16H,1-2,7-8,13-14H2. The normalized spacial score (nSPS) is 21.6. The van der Waals surface area contributed by atoms with Crippen molar-refractivity contribution in [1.29, 1.82) is 0 Å². The minimum Gasteiger partial charge on any atom is -0.454 e. The second-order valence-corrected chi connectivity index (χ2v) is 9.27. The van der Waals surface area contributed by atoms with Crippen LogP contribution in [0.3, 0.4) is 0 Å². The zero-order valence-electron chi connectivity index (χ0n) is 17.4. The molecule has 3 aliphatic rings. The van der Waals surface area contributed by atoms with E-state index in [1.807, 2.05) is 48.5 Å². The summed E-state index contributed by atoms with van der Waals surface area (Å²) in [4.78, 5) is 55.1. The first-order valence-corrected chi connectivity index (χ1v) is 11.6. The predicted octanol–water partition coefficient (Wildman–Crippen LogP) is 3.53. The number of para-hydroxylation sites is 2. The van der Waals surface area contributed by atoms with Crippen LogP contribution in [0.5, 0.6) is 0 Å². The fraction of sp³-hybridized carbons (Fsp3) is 0.333. The highest BCUT2D eigenvalue weighted by Crippen LogP contribution is 2.47. The van der Waals surface area contributed by atoms with Crippen LogP contribution in [0.15, 0.2) is 58.3 Å². The molecule has 5 rings (SSSR count). The van der Waals surface area contributed by atoms with Crippen LogP contribution in [-0.2, 0) is 23.9 Å². The number of rotatable bonds is 4. The monoisotopic (exact) mass is 450 g/mol. The van der Waals surface area contributed by atoms with Crippen molar-refractivity contribution in [3.05, 3.63) is 48.5 Å². The molecule has 7 nitrogen and oxygen atoms in total. The van der Waals surface area contributed by atoms with E-state index in [-0.39, 0.29) is 23.7 Å². The van der Waals surface area contributed by atoms with E-state index in [0.29, 0.717) is 12.8 Å². The van der Waals surface area contributed by atoms with Crippen LogP contribution >= 0.6 is 11.8 Å². The summed E-state index contributed by atoms with van der Waals surface area (Å²) in [6, 6.07) is 15.1. The highest BCUT2D eigenvalue weighted by atomic mass is 32.2. The van der Waals surface area contributed by atoms with Crippen molar-refractivity contribution in [3.8, 4) is 0 Å². The Bertz CT molecular complexity index is 1050. The van der Waals surface area contributed by atoms with Gasteiger partial charge in [-0.05, 0) is 37.1 Å². The lowest BCUT2D eigenvalue weighted by molar-refractivity contribution is -0.154. The molecule has 1 saturated carbocycles. The molecule has 1 saturated heterocycles. The van der Waals surface area contributed by atoms with E-state index in [1.54, 1.807) is 16.7 Å². The average Bonchev–Trinajstić information content (AvgIpc) is 3.06. The number of anilines is 2. The van der Waals surface area contributed by atoms with Crippen LogP contribution < -0.4 is 4.90 Å². The van der Waals surface area contributed by atoms with E-state index < -0.39 is 25.0 Å². The quantitative estimate of drug-likeness (QED) is 0.523. The maximum atomic E-state index is 13.1. The Hall–Kier alpha value is -3.13. The summed E-state index contributed by atoms with van der Waals surface area (Å²) >= 11 is 1.58. The molecular weight excluding hydrogens is 428 g/mol. The molecule has 2 atom stereocenters. The number of benzene rings is 2. The van der Waals surface area contributed by atoms with E-state index in [4.69, 9.17) is 4.74 Å². The number of hydrogen-bond donors (Lipinski definition) is 0. The summed E-state index contributed by atoms with van der Waals surface area (Å²) in [5, 5.41) is 0. The van der Waals surface area contributed by atoms with Crippen LogP contribution in [0, 0.1) is 11.8 Å². The minimum absolute atomic E-state index is 0.293. The number of fused-ring (bicyclic) bond motifs is 3. The molecule has 0 aromatic heterocycles. The van der Waals surface area contributed by atoms with Gasteiger partial charge >= 0.3 is 5.97 Å². The van der Waals surface area contributed by atoms with Crippen LogP contribution in [0.25, 0.3) is 0 Å². The molecule has 1 aliphatic carbocycles. The average molecular weight is 451 g/mol. The highest BCUT2D eigenvalue weighted by molar-refractivity contribution is 7.99. The zero-order valence-corrected chi connectivity index (χ0v) is 18.2. The smallest absolute Gasteiger partial charge is 0.326 e. The first kappa shape index (κ1) is 20.8. The van der Waals surface area contributed by atoms with E-state index in [0.717, 1.165) is 38.9 Å². The second kappa shape index (κ2) is 8.43. The van der Waals surface area contributed by atoms with Gasteiger partial charge in [0.15, 0.2) is 6.61 Å². The molecular formula is C24H22N2O5S. The number of hydrogen-bond acceptors (Lipinski definition) is 6. The fourth-order valence-corrected chi connectivity index (χ4v) is 5.80. The van der Waals surface area contributed by atoms with Gasteiger partial charge in [0.05, 0.1) is 23.2 Å². The molecule has 2 aliphatic heterocycles. The third-order valence-electron chi connectivity index (χ3n) is 6.26. The molecule has 32 heavy (non-hydrogen) atoms. The SMILES string of the molecule is O=C(CN1C(=O)C2CCCCC2C1=O)OCC(=O)N1c2ccccc2Sc2ccccc21. The lowest BCUT2D eigenvalue weighted by Gasteiger charge is -2.30. The molecule has 2 heterocycles. The van der Waals surface area contributed by atoms with Crippen molar-refractivity contribution in [3.63, 3.8) is 0 Å². The number of esters is 1. The van der Waals surface area contributed by atoms with Crippen LogP contribution in [0.1, 0.15) is 25.7 Å². The van der Waals surface area contributed by atoms with Crippen molar-refractivity contribution in [2.24, 2.45) is 11.8 Å². The topological polar surface area (TPSA) is 84.0 Å². The van der Waals surface area contributed by atoms with Gasteiger partial charge in [0, 0.05) is 9.79 Å². The number of imide groups is 1. The largest absolute Gasteiger partial charge is 0.454 e. The van der Waals surface area contributed by atoms with Gasteiger partial charge < -0.3 is 4.74 Å². The molecule has 3 amide bonds. The van der Waals surface area contributed by atoms with Gasteiger partial charge in [0.2, 0.25) is 11.8 Å². The maximum Gasteiger partial charge on any atom is 0.326 e. The second-order valence-electron chi connectivity index (χ2n) is 8.19. The molecule has 2 aromatic rings. The van der Waals surface area contributed by atoms with Gasteiger partial charge in [0.25, 0.3) is 5.91 Å². The number of likely N-dealkylation sites (tertiary alicyclic amines) is 1. The van der Waals surface area contributed by atoms with Gasteiger partial charge in [-0.3, -0.25) is 29.0 Å². The molecule has 164 valence electrons. The molecule has 8 heteroatoms. The van der Waals surface area contributed by atoms with Gasteiger partial charge in [-0.1, -0.05) is 48.9 Å². The number of nitrogens with zero attached hydrogens (tertiary/aromatic N) is 2. The van der Waals surface area contributed by atoms with Crippen molar-refractivity contribution >= 4 is 46.8 Å². The van der Waals surface area contributed by atoms with Crippen LogP contribution in [0.2, 0.25) is 0 Å². The number of amides is 3. The highest BCUT2D eigenvalue weighted by Gasteiger charge is 2.48. The first-order valence-electron chi connectivity index (χ1n) is 10.7. The van der Waals surface area contributed by atoms with Crippen molar-refractivity contribution in [2.75, 3.05) is 18.1 Å². The number of ether oxygens (including phenoxy) is 1. The van der Waals surface area contributed by atoms with Crippen molar-refractivity contribution < 1.29 is 23.9 Å². The van der Waals surface area contributed by atoms with Gasteiger partial charge in [0.1, 0.15) is 6.54 Å². The van der Waals surface area contributed by atoms with Crippen molar-refractivity contribution in [2.45, 2.75) is 35.5 Å². The lowest BCUT2D eigenvalue weighted by atomic mass is 9.81. The van der Waals surface area contributed by atoms with E-state index >= 15 is 0 Å².